The molecule has 0 fully saturated rings. The van der Waals surface area contributed by atoms with Crippen molar-refractivity contribution in [2.24, 2.45) is 0 Å². The minimum Gasteiger partial charge on any atom is -0.464 e. The van der Waals surface area contributed by atoms with Gasteiger partial charge in [-0.15, -0.1) is 0 Å². The fraction of sp³-hybridized carbons (Fsp3) is 0.176. The van der Waals surface area contributed by atoms with Crippen LogP contribution in [0.15, 0.2) is 48.8 Å². The van der Waals surface area contributed by atoms with Gasteiger partial charge >= 0.3 is 6.09 Å². The third-order valence-electron chi connectivity index (χ3n) is 3.46. The molecule has 23 heavy (non-hydrogen) atoms. The standard InChI is InChI=1S/C17H16N2O4/c1-17(2,22)15-10-13(5-7-18-15)23-12-3-4-14-11(9-12)6-8-19(14)16(20)21/h3-10,22H,1-2H3,(H,20,21). The number of aliphatic hydroxyl groups is 1. The summed E-state index contributed by atoms with van der Waals surface area (Å²) in [4.78, 5) is 15.2. The van der Waals surface area contributed by atoms with Crippen LogP contribution in [0.2, 0.25) is 0 Å². The molecule has 6 nitrogen and oxygen atoms in total. The maximum Gasteiger partial charge on any atom is 0.415 e. The molecule has 6 heteroatoms. The molecule has 0 bridgehead atoms. The van der Waals surface area contributed by atoms with Crippen molar-refractivity contribution in [2.45, 2.75) is 19.4 Å². The summed E-state index contributed by atoms with van der Waals surface area (Å²) in [5.74, 6) is 1.13. The van der Waals surface area contributed by atoms with E-state index in [9.17, 15) is 9.90 Å². The van der Waals surface area contributed by atoms with E-state index in [4.69, 9.17) is 9.84 Å². The Kier molecular flexibility index (Phi) is 3.54. The summed E-state index contributed by atoms with van der Waals surface area (Å²) in [6, 6.07) is 10.2. The summed E-state index contributed by atoms with van der Waals surface area (Å²) in [5, 5.41) is 19.8. The van der Waals surface area contributed by atoms with Crippen LogP contribution in [0.25, 0.3) is 10.9 Å². The quantitative estimate of drug-likeness (QED) is 0.772. The highest BCUT2D eigenvalue weighted by atomic mass is 16.5. The molecule has 0 radical (unpaired) electrons. The minimum atomic E-state index is -1.05. The number of hydrogen-bond donors (Lipinski definition) is 2. The van der Waals surface area contributed by atoms with E-state index in [0.29, 0.717) is 22.7 Å². The smallest absolute Gasteiger partial charge is 0.415 e. The number of fused-ring (bicyclic) bond motifs is 1. The predicted octanol–water partition coefficient (Wildman–Crippen LogP) is 3.58. The summed E-state index contributed by atoms with van der Waals surface area (Å²) in [6.45, 7) is 3.31. The Morgan fingerprint density at radius 3 is 2.61 bits per heavy atom. The lowest BCUT2D eigenvalue weighted by Crippen LogP contribution is -2.17. The highest BCUT2D eigenvalue weighted by Crippen LogP contribution is 2.28. The molecule has 3 aromatic rings. The molecule has 3 rings (SSSR count). The number of pyridine rings is 1. The Labute approximate surface area is 132 Å². The summed E-state index contributed by atoms with van der Waals surface area (Å²) in [6.07, 6.45) is 2.04. The topological polar surface area (TPSA) is 84.6 Å². The minimum absolute atomic E-state index is 0.508. The molecule has 0 atom stereocenters. The Hall–Kier alpha value is -2.86. The Balaban J connectivity index is 1.92. The molecule has 2 heterocycles. The van der Waals surface area contributed by atoms with E-state index >= 15 is 0 Å². The second-order valence-electron chi connectivity index (χ2n) is 5.73. The van der Waals surface area contributed by atoms with Gasteiger partial charge in [-0.2, -0.15) is 0 Å². The zero-order chi connectivity index (χ0) is 16.6. The highest BCUT2D eigenvalue weighted by Gasteiger charge is 2.18. The second kappa shape index (κ2) is 5.40. The maximum absolute atomic E-state index is 11.1. The fourth-order valence-electron chi connectivity index (χ4n) is 2.30. The summed E-state index contributed by atoms with van der Waals surface area (Å²) in [5.41, 5.74) is 0.0482. The van der Waals surface area contributed by atoms with Crippen molar-refractivity contribution < 1.29 is 19.7 Å². The monoisotopic (exact) mass is 312 g/mol. The van der Waals surface area contributed by atoms with Crippen LogP contribution in [0.3, 0.4) is 0 Å². The van der Waals surface area contributed by atoms with Gasteiger partial charge in [0.25, 0.3) is 0 Å². The average Bonchev–Trinajstić information content (AvgIpc) is 2.90. The first kappa shape index (κ1) is 15.1. The first-order valence-electron chi connectivity index (χ1n) is 7.06. The average molecular weight is 312 g/mol. The molecule has 0 spiro atoms. The molecule has 118 valence electrons. The van der Waals surface area contributed by atoms with Crippen LogP contribution in [-0.4, -0.2) is 25.9 Å². The molecule has 0 saturated carbocycles. The van der Waals surface area contributed by atoms with Gasteiger partial charge in [0.2, 0.25) is 0 Å². The second-order valence-corrected chi connectivity index (χ2v) is 5.73. The number of nitrogens with zero attached hydrogens (tertiary/aromatic N) is 2. The van der Waals surface area contributed by atoms with Crippen molar-refractivity contribution in [3.05, 3.63) is 54.5 Å². The van der Waals surface area contributed by atoms with Gasteiger partial charge in [0, 0.05) is 23.8 Å². The van der Waals surface area contributed by atoms with Crippen LogP contribution in [0, 0.1) is 0 Å². The number of hydrogen-bond acceptors (Lipinski definition) is 4. The molecule has 0 amide bonds. The molecule has 2 N–H and O–H groups in total. The van der Waals surface area contributed by atoms with Crippen LogP contribution in [0.5, 0.6) is 11.5 Å². The van der Waals surface area contributed by atoms with Gasteiger partial charge in [-0.05, 0) is 44.2 Å². The summed E-state index contributed by atoms with van der Waals surface area (Å²) >= 11 is 0. The number of carbonyl (C=O) groups is 1. The molecular weight excluding hydrogens is 296 g/mol. The summed E-state index contributed by atoms with van der Waals surface area (Å²) in [7, 11) is 0. The molecule has 0 aliphatic carbocycles. The number of benzene rings is 1. The normalized spacial score (nSPS) is 11.6. The largest absolute Gasteiger partial charge is 0.464 e. The Bertz CT molecular complexity index is 878. The van der Waals surface area contributed by atoms with Gasteiger partial charge in [0.15, 0.2) is 0 Å². The zero-order valence-electron chi connectivity index (χ0n) is 12.7. The van der Waals surface area contributed by atoms with Crippen molar-refractivity contribution in [1.82, 2.24) is 9.55 Å². The number of ether oxygens (including phenoxy) is 1. The van der Waals surface area contributed by atoms with Crippen molar-refractivity contribution >= 4 is 17.0 Å². The molecule has 0 unspecified atom stereocenters. The number of aromatic nitrogens is 2. The van der Waals surface area contributed by atoms with Crippen molar-refractivity contribution in [2.75, 3.05) is 0 Å². The molecule has 0 aliphatic heterocycles. The van der Waals surface area contributed by atoms with Gasteiger partial charge in [0.05, 0.1) is 11.2 Å². The molecular formula is C17H16N2O4. The first-order chi connectivity index (χ1) is 10.8. The van der Waals surface area contributed by atoms with E-state index in [1.54, 1.807) is 56.4 Å². The van der Waals surface area contributed by atoms with E-state index in [0.717, 1.165) is 9.95 Å². The van der Waals surface area contributed by atoms with Crippen LogP contribution in [-0.2, 0) is 5.60 Å². The van der Waals surface area contributed by atoms with Crippen LogP contribution in [0.4, 0.5) is 4.79 Å². The van der Waals surface area contributed by atoms with Crippen LogP contribution < -0.4 is 4.74 Å². The van der Waals surface area contributed by atoms with E-state index in [1.165, 1.54) is 6.20 Å². The predicted molar refractivity (Wildman–Crippen MR) is 84.9 cm³/mol. The Morgan fingerprint density at radius 1 is 1.17 bits per heavy atom. The lowest BCUT2D eigenvalue weighted by atomic mass is 10.1. The van der Waals surface area contributed by atoms with E-state index in [-0.39, 0.29) is 0 Å². The van der Waals surface area contributed by atoms with Gasteiger partial charge in [-0.25, -0.2) is 4.79 Å². The number of rotatable bonds is 3. The van der Waals surface area contributed by atoms with Crippen molar-refractivity contribution in [1.29, 1.82) is 0 Å². The Morgan fingerprint density at radius 2 is 1.91 bits per heavy atom. The molecule has 0 saturated heterocycles. The third-order valence-corrected chi connectivity index (χ3v) is 3.46. The molecule has 2 aromatic heterocycles. The van der Waals surface area contributed by atoms with Crippen molar-refractivity contribution in [3.63, 3.8) is 0 Å². The third kappa shape index (κ3) is 3.02. The number of carboxylic acid groups (broad SMARTS) is 1. The highest BCUT2D eigenvalue weighted by molar-refractivity contribution is 5.89. The first-order valence-corrected chi connectivity index (χ1v) is 7.06. The zero-order valence-corrected chi connectivity index (χ0v) is 12.7. The fourth-order valence-corrected chi connectivity index (χ4v) is 2.30. The van der Waals surface area contributed by atoms with Crippen LogP contribution >= 0.6 is 0 Å². The lowest BCUT2D eigenvalue weighted by molar-refractivity contribution is 0.0736. The van der Waals surface area contributed by atoms with Gasteiger partial charge in [-0.3, -0.25) is 9.55 Å². The maximum atomic E-state index is 11.1. The van der Waals surface area contributed by atoms with Gasteiger partial charge < -0.3 is 14.9 Å². The van der Waals surface area contributed by atoms with E-state index < -0.39 is 11.7 Å². The van der Waals surface area contributed by atoms with Gasteiger partial charge in [-0.1, -0.05) is 0 Å². The SMILES string of the molecule is CC(C)(O)c1cc(Oc2ccc3c(ccn3C(=O)O)c2)ccn1. The molecule has 0 aliphatic rings. The summed E-state index contributed by atoms with van der Waals surface area (Å²) < 4.78 is 6.93. The van der Waals surface area contributed by atoms with Crippen molar-refractivity contribution in [3.8, 4) is 11.5 Å². The van der Waals surface area contributed by atoms with E-state index in [1.807, 2.05) is 0 Å². The van der Waals surface area contributed by atoms with Gasteiger partial charge in [0.1, 0.15) is 17.1 Å². The van der Waals surface area contributed by atoms with Crippen LogP contribution in [0.1, 0.15) is 19.5 Å². The molecule has 1 aromatic carbocycles. The lowest BCUT2D eigenvalue weighted by Gasteiger charge is -2.17. The van der Waals surface area contributed by atoms with E-state index in [2.05, 4.69) is 4.98 Å².